The molecule has 124 valence electrons. The van der Waals surface area contributed by atoms with Crippen LogP contribution in [-0.2, 0) is 11.3 Å². The quantitative estimate of drug-likeness (QED) is 0.920. The minimum absolute atomic E-state index is 0. The monoisotopic (exact) mass is 325 g/mol. The highest BCUT2D eigenvalue weighted by atomic mass is 35.5. The Labute approximate surface area is 140 Å². The maximum Gasteiger partial charge on any atom is 0.0642 e. The smallest absolute Gasteiger partial charge is 0.0642 e. The van der Waals surface area contributed by atoms with Gasteiger partial charge in [-0.05, 0) is 36.6 Å². The predicted molar refractivity (Wildman–Crippen MR) is 93.8 cm³/mol. The summed E-state index contributed by atoms with van der Waals surface area (Å²) in [7, 11) is 0. The van der Waals surface area contributed by atoms with Crippen molar-refractivity contribution in [1.29, 1.82) is 0 Å². The summed E-state index contributed by atoms with van der Waals surface area (Å²) in [5.41, 5.74) is 9.03. The Hall–Kier alpha value is -0.810. The van der Waals surface area contributed by atoms with Gasteiger partial charge in [0, 0.05) is 31.9 Å². The first-order valence-corrected chi connectivity index (χ1v) is 8.03. The molecule has 1 aromatic rings. The lowest BCUT2D eigenvalue weighted by Gasteiger charge is -2.31. The first-order chi connectivity index (χ1) is 10.2. The largest absolute Gasteiger partial charge is 0.378 e. The number of nitrogens with two attached hydrogens (primary N) is 1. The third kappa shape index (κ3) is 3.93. The van der Waals surface area contributed by atoms with Gasteiger partial charge in [-0.1, -0.05) is 25.1 Å². The van der Waals surface area contributed by atoms with E-state index in [9.17, 15) is 0 Å². The molecule has 2 aliphatic heterocycles. The zero-order valence-electron chi connectivity index (χ0n) is 13.5. The summed E-state index contributed by atoms with van der Waals surface area (Å²) in [6.07, 6.45) is 1.21. The maximum absolute atomic E-state index is 5.92. The number of morpholine rings is 1. The molecule has 2 heterocycles. The number of nitrogens with zero attached hydrogens (tertiary/aromatic N) is 2. The Kier molecular flexibility index (Phi) is 6.09. The molecule has 3 rings (SSSR count). The van der Waals surface area contributed by atoms with E-state index >= 15 is 0 Å². The van der Waals surface area contributed by atoms with Crippen molar-refractivity contribution in [2.75, 3.05) is 50.8 Å². The zero-order valence-corrected chi connectivity index (χ0v) is 14.3. The molecule has 2 N–H and O–H groups in total. The number of rotatable bonds is 4. The third-order valence-corrected chi connectivity index (χ3v) is 4.87. The first-order valence-electron chi connectivity index (χ1n) is 8.03. The molecule has 0 amide bonds. The second kappa shape index (κ2) is 7.64. The number of benzene rings is 1. The minimum atomic E-state index is 0. The van der Waals surface area contributed by atoms with Crippen molar-refractivity contribution in [1.82, 2.24) is 4.90 Å². The lowest BCUT2D eigenvalue weighted by atomic mass is 9.90. The van der Waals surface area contributed by atoms with Crippen LogP contribution in [0.15, 0.2) is 24.3 Å². The Morgan fingerprint density at radius 2 is 1.91 bits per heavy atom. The van der Waals surface area contributed by atoms with Crippen LogP contribution in [0.3, 0.4) is 0 Å². The van der Waals surface area contributed by atoms with E-state index < -0.39 is 0 Å². The van der Waals surface area contributed by atoms with Crippen LogP contribution in [0.2, 0.25) is 0 Å². The van der Waals surface area contributed by atoms with Gasteiger partial charge in [0.05, 0.1) is 13.2 Å². The standard InChI is InChI=1S/C17H27N3O.ClH/c1-17(13-18)6-7-19(14-17)12-15-4-2-3-5-16(15)20-8-10-21-11-9-20;/h2-5H,6-14,18H2,1H3;1H. The normalized spacial score (nSPS) is 26.0. The van der Waals surface area contributed by atoms with Gasteiger partial charge in [0.1, 0.15) is 0 Å². The number of hydrogen-bond acceptors (Lipinski definition) is 4. The van der Waals surface area contributed by atoms with Crippen molar-refractivity contribution in [3.63, 3.8) is 0 Å². The van der Waals surface area contributed by atoms with Crippen LogP contribution in [-0.4, -0.2) is 50.8 Å². The van der Waals surface area contributed by atoms with Crippen LogP contribution < -0.4 is 10.6 Å². The molecule has 4 nitrogen and oxygen atoms in total. The van der Waals surface area contributed by atoms with Gasteiger partial charge in [0.2, 0.25) is 0 Å². The average molecular weight is 326 g/mol. The molecular formula is C17H28ClN3O. The maximum atomic E-state index is 5.92. The molecule has 0 aliphatic carbocycles. The minimum Gasteiger partial charge on any atom is -0.378 e. The van der Waals surface area contributed by atoms with Crippen molar-refractivity contribution < 1.29 is 4.74 Å². The van der Waals surface area contributed by atoms with E-state index in [0.717, 1.165) is 52.5 Å². The molecule has 0 radical (unpaired) electrons. The number of likely N-dealkylation sites (tertiary alicyclic amines) is 1. The highest BCUT2D eigenvalue weighted by Gasteiger charge is 2.32. The number of halogens is 1. The fraction of sp³-hybridized carbons (Fsp3) is 0.647. The van der Waals surface area contributed by atoms with E-state index in [1.54, 1.807) is 0 Å². The summed E-state index contributed by atoms with van der Waals surface area (Å²) in [6, 6.07) is 8.81. The van der Waals surface area contributed by atoms with E-state index in [1.165, 1.54) is 17.7 Å². The highest BCUT2D eigenvalue weighted by molar-refractivity contribution is 5.85. The fourth-order valence-electron chi connectivity index (χ4n) is 3.43. The summed E-state index contributed by atoms with van der Waals surface area (Å²) < 4.78 is 5.47. The SMILES string of the molecule is CC1(CN)CCN(Cc2ccccc2N2CCOCC2)C1.Cl. The third-order valence-electron chi connectivity index (χ3n) is 4.87. The van der Waals surface area contributed by atoms with Crippen LogP contribution >= 0.6 is 12.4 Å². The summed E-state index contributed by atoms with van der Waals surface area (Å²) in [5, 5.41) is 0. The first kappa shape index (κ1) is 17.5. The summed E-state index contributed by atoms with van der Waals surface area (Å²) in [6.45, 7) is 10.1. The van der Waals surface area contributed by atoms with Gasteiger partial charge in [0.15, 0.2) is 0 Å². The van der Waals surface area contributed by atoms with Gasteiger partial charge in [-0.3, -0.25) is 4.90 Å². The van der Waals surface area contributed by atoms with Gasteiger partial charge >= 0.3 is 0 Å². The van der Waals surface area contributed by atoms with Gasteiger partial charge in [-0.15, -0.1) is 12.4 Å². The van der Waals surface area contributed by atoms with E-state index in [1.807, 2.05) is 0 Å². The van der Waals surface area contributed by atoms with Crippen LogP contribution in [0.4, 0.5) is 5.69 Å². The van der Waals surface area contributed by atoms with E-state index in [-0.39, 0.29) is 12.4 Å². The number of hydrogen-bond donors (Lipinski definition) is 1. The van der Waals surface area contributed by atoms with Crippen molar-refractivity contribution in [3.05, 3.63) is 29.8 Å². The summed E-state index contributed by atoms with van der Waals surface area (Å²) >= 11 is 0. The Morgan fingerprint density at radius 3 is 2.59 bits per heavy atom. The van der Waals surface area contributed by atoms with E-state index in [4.69, 9.17) is 10.5 Å². The Morgan fingerprint density at radius 1 is 1.18 bits per heavy atom. The second-order valence-corrected chi connectivity index (χ2v) is 6.70. The topological polar surface area (TPSA) is 41.7 Å². The lowest BCUT2D eigenvalue weighted by molar-refractivity contribution is 0.122. The lowest BCUT2D eigenvalue weighted by Crippen LogP contribution is -2.37. The molecule has 1 atom stereocenters. The molecule has 2 fully saturated rings. The molecule has 2 saturated heterocycles. The fourth-order valence-corrected chi connectivity index (χ4v) is 3.43. The number of para-hydroxylation sites is 1. The molecule has 1 unspecified atom stereocenters. The van der Waals surface area contributed by atoms with Gasteiger partial charge in [0.25, 0.3) is 0 Å². The van der Waals surface area contributed by atoms with E-state index in [2.05, 4.69) is 41.0 Å². The summed E-state index contributed by atoms with van der Waals surface area (Å²) in [5.74, 6) is 0. The van der Waals surface area contributed by atoms with Gasteiger partial charge in [-0.25, -0.2) is 0 Å². The van der Waals surface area contributed by atoms with Crippen LogP contribution in [0.25, 0.3) is 0 Å². The van der Waals surface area contributed by atoms with Crippen molar-refractivity contribution in [2.45, 2.75) is 19.9 Å². The zero-order chi connectivity index (χ0) is 14.7. The molecule has 22 heavy (non-hydrogen) atoms. The molecule has 0 saturated carbocycles. The molecule has 0 aromatic heterocycles. The van der Waals surface area contributed by atoms with Gasteiger partial charge < -0.3 is 15.4 Å². The number of anilines is 1. The molecule has 0 spiro atoms. The molecule has 1 aromatic carbocycles. The summed E-state index contributed by atoms with van der Waals surface area (Å²) in [4.78, 5) is 5.00. The highest BCUT2D eigenvalue weighted by Crippen LogP contribution is 2.31. The van der Waals surface area contributed by atoms with E-state index in [0.29, 0.717) is 5.41 Å². The second-order valence-electron chi connectivity index (χ2n) is 6.70. The number of ether oxygens (including phenoxy) is 1. The van der Waals surface area contributed by atoms with Crippen molar-refractivity contribution in [3.8, 4) is 0 Å². The molecule has 0 bridgehead atoms. The molecule has 2 aliphatic rings. The average Bonchev–Trinajstić information content (AvgIpc) is 2.91. The molecule has 5 heteroatoms. The van der Waals surface area contributed by atoms with Crippen molar-refractivity contribution in [2.24, 2.45) is 11.1 Å². The Balaban J connectivity index is 0.00000176. The Bertz CT molecular complexity index is 479. The van der Waals surface area contributed by atoms with Crippen LogP contribution in [0.1, 0.15) is 18.9 Å². The molecular weight excluding hydrogens is 298 g/mol. The van der Waals surface area contributed by atoms with Crippen LogP contribution in [0, 0.1) is 5.41 Å². The van der Waals surface area contributed by atoms with Gasteiger partial charge in [-0.2, -0.15) is 0 Å². The van der Waals surface area contributed by atoms with Crippen LogP contribution in [0.5, 0.6) is 0 Å². The van der Waals surface area contributed by atoms with Crippen molar-refractivity contribution >= 4 is 18.1 Å². The predicted octanol–water partition coefficient (Wildman–Crippen LogP) is 2.12.